The molecular weight excluding hydrogens is 346 g/mol. The molecule has 1 heterocycles. The van der Waals surface area contributed by atoms with E-state index in [0.29, 0.717) is 6.42 Å². The minimum Gasteiger partial charge on any atom is -0.368 e. The first-order valence-electron chi connectivity index (χ1n) is 8.62. The number of nitrogens with zero attached hydrogens (tertiary/aromatic N) is 3. The molecule has 2 amide bonds. The van der Waals surface area contributed by atoms with Crippen LogP contribution in [0.25, 0.3) is 0 Å². The molecule has 1 aromatic carbocycles. The van der Waals surface area contributed by atoms with Gasteiger partial charge in [-0.1, -0.05) is 19.9 Å². The maximum atomic E-state index is 11.7. The normalized spacial score (nSPS) is 11.9. The van der Waals surface area contributed by atoms with Gasteiger partial charge in [-0.2, -0.15) is 4.98 Å². The van der Waals surface area contributed by atoms with Gasteiger partial charge in [-0.3, -0.25) is 9.59 Å². The SMILES string of the molecule is Cc1ccc(Nc2nc(N[C@H](CC(C)C)C(N)=O)nnc2C(N)=O)cc1C. The number of carbonyl (C=O) groups excluding carboxylic acids is 2. The fraction of sp³-hybridized carbons (Fsp3) is 0.389. The van der Waals surface area contributed by atoms with E-state index in [1.54, 1.807) is 0 Å². The molecule has 1 atom stereocenters. The Morgan fingerprint density at radius 1 is 1.11 bits per heavy atom. The zero-order valence-corrected chi connectivity index (χ0v) is 15.9. The van der Waals surface area contributed by atoms with E-state index in [4.69, 9.17) is 11.5 Å². The number of nitrogens with one attached hydrogen (secondary N) is 2. The molecule has 2 aromatic rings. The second-order valence-corrected chi connectivity index (χ2v) is 6.85. The smallest absolute Gasteiger partial charge is 0.273 e. The zero-order valence-electron chi connectivity index (χ0n) is 15.9. The van der Waals surface area contributed by atoms with E-state index in [-0.39, 0.29) is 23.4 Å². The molecule has 1 aromatic heterocycles. The topological polar surface area (TPSA) is 149 Å². The summed E-state index contributed by atoms with van der Waals surface area (Å²) in [6, 6.07) is 5.06. The molecule has 27 heavy (non-hydrogen) atoms. The third-order valence-electron chi connectivity index (χ3n) is 4.04. The van der Waals surface area contributed by atoms with Gasteiger partial charge in [0.15, 0.2) is 11.5 Å². The van der Waals surface area contributed by atoms with Gasteiger partial charge >= 0.3 is 0 Å². The van der Waals surface area contributed by atoms with Crippen LogP contribution in [-0.2, 0) is 4.79 Å². The van der Waals surface area contributed by atoms with Crippen LogP contribution >= 0.6 is 0 Å². The predicted molar refractivity (Wildman–Crippen MR) is 104 cm³/mol. The molecule has 0 aliphatic heterocycles. The van der Waals surface area contributed by atoms with Crippen molar-refractivity contribution in [1.82, 2.24) is 15.2 Å². The Bertz CT molecular complexity index is 852. The standard InChI is InChI=1S/C18H25N7O2/c1-9(2)7-13(15(19)26)22-18-23-17(14(16(20)27)24-25-18)21-12-6-5-10(3)11(4)8-12/h5-6,8-9,13H,7H2,1-4H3,(H2,19,26)(H2,20,27)(H2,21,22,23,25)/t13-/m1/s1. The largest absolute Gasteiger partial charge is 0.368 e. The number of rotatable bonds is 8. The third-order valence-corrected chi connectivity index (χ3v) is 4.04. The number of anilines is 3. The summed E-state index contributed by atoms with van der Waals surface area (Å²) in [5, 5.41) is 13.6. The molecule has 0 saturated heterocycles. The highest BCUT2D eigenvalue weighted by Crippen LogP contribution is 2.21. The summed E-state index contributed by atoms with van der Waals surface area (Å²) in [6.45, 7) is 7.92. The number of nitrogens with two attached hydrogens (primary N) is 2. The first-order valence-corrected chi connectivity index (χ1v) is 8.62. The van der Waals surface area contributed by atoms with Crippen molar-refractivity contribution in [3.63, 3.8) is 0 Å². The molecule has 6 N–H and O–H groups in total. The molecule has 0 spiro atoms. The van der Waals surface area contributed by atoms with Crippen LogP contribution in [0.1, 0.15) is 41.9 Å². The van der Waals surface area contributed by atoms with E-state index < -0.39 is 17.9 Å². The summed E-state index contributed by atoms with van der Waals surface area (Å²) in [5.41, 5.74) is 13.6. The number of hydrogen-bond donors (Lipinski definition) is 4. The fourth-order valence-corrected chi connectivity index (χ4v) is 2.47. The van der Waals surface area contributed by atoms with E-state index >= 15 is 0 Å². The lowest BCUT2D eigenvalue weighted by molar-refractivity contribution is -0.119. The number of aryl methyl sites for hydroxylation is 2. The molecule has 9 heteroatoms. The Morgan fingerprint density at radius 2 is 1.81 bits per heavy atom. The van der Waals surface area contributed by atoms with Crippen molar-refractivity contribution in [2.75, 3.05) is 10.6 Å². The van der Waals surface area contributed by atoms with E-state index in [1.807, 2.05) is 45.9 Å². The summed E-state index contributed by atoms with van der Waals surface area (Å²) >= 11 is 0. The van der Waals surface area contributed by atoms with Gasteiger partial charge in [-0.05, 0) is 49.4 Å². The number of benzene rings is 1. The maximum absolute atomic E-state index is 11.7. The van der Waals surface area contributed by atoms with E-state index in [1.165, 1.54) is 0 Å². The minimum absolute atomic E-state index is 0.0794. The summed E-state index contributed by atoms with van der Waals surface area (Å²) < 4.78 is 0. The van der Waals surface area contributed by atoms with Crippen LogP contribution in [0.4, 0.5) is 17.5 Å². The molecular formula is C18H25N7O2. The van der Waals surface area contributed by atoms with Crippen LogP contribution in [0, 0.1) is 19.8 Å². The van der Waals surface area contributed by atoms with Gasteiger partial charge < -0.3 is 22.1 Å². The highest BCUT2D eigenvalue weighted by atomic mass is 16.1. The summed E-state index contributed by atoms with van der Waals surface area (Å²) in [6.07, 6.45) is 0.510. The number of hydrogen-bond acceptors (Lipinski definition) is 7. The summed E-state index contributed by atoms with van der Waals surface area (Å²) in [5.74, 6) is -0.816. The highest BCUT2D eigenvalue weighted by Gasteiger charge is 2.20. The molecule has 0 aliphatic rings. The Kier molecular flexibility index (Phi) is 6.27. The van der Waals surface area contributed by atoms with Gasteiger partial charge in [0.1, 0.15) is 6.04 Å². The van der Waals surface area contributed by atoms with Gasteiger partial charge in [0, 0.05) is 5.69 Å². The van der Waals surface area contributed by atoms with Crippen molar-refractivity contribution in [2.45, 2.75) is 40.2 Å². The van der Waals surface area contributed by atoms with E-state index in [9.17, 15) is 9.59 Å². The number of amides is 2. The Morgan fingerprint density at radius 3 is 2.37 bits per heavy atom. The molecule has 0 aliphatic carbocycles. The molecule has 2 rings (SSSR count). The summed E-state index contributed by atoms with van der Waals surface area (Å²) in [7, 11) is 0. The van der Waals surface area contributed by atoms with Crippen molar-refractivity contribution < 1.29 is 9.59 Å². The first kappa shape index (κ1) is 20.1. The van der Waals surface area contributed by atoms with Gasteiger partial charge in [-0.25, -0.2) is 0 Å². The van der Waals surface area contributed by atoms with Gasteiger partial charge in [-0.15, -0.1) is 10.2 Å². The lowest BCUT2D eigenvalue weighted by atomic mass is 10.0. The molecule has 0 fully saturated rings. The molecule has 144 valence electrons. The predicted octanol–water partition coefficient (Wildman–Crippen LogP) is 1.64. The van der Waals surface area contributed by atoms with Crippen LogP contribution in [-0.4, -0.2) is 33.0 Å². The van der Waals surface area contributed by atoms with Crippen molar-refractivity contribution in [1.29, 1.82) is 0 Å². The summed E-state index contributed by atoms with van der Waals surface area (Å²) in [4.78, 5) is 27.6. The van der Waals surface area contributed by atoms with Crippen molar-refractivity contribution in [2.24, 2.45) is 17.4 Å². The first-order chi connectivity index (χ1) is 12.7. The van der Waals surface area contributed by atoms with Gasteiger partial charge in [0.05, 0.1) is 0 Å². The van der Waals surface area contributed by atoms with Crippen LogP contribution in [0.2, 0.25) is 0 Å². The average Bonchev–Trinajstić information content (AvgIpc) is 2.57. The zero-order chi connectivity index (χ0) is 20.1. The quantitative estimate of drug-likeness (QED) is 0.551. The molecule has 0 unspecified atom stereocenters. The maximum Gasteiger partial charge on any atom is 0.273 e. The number of aromatic nitrogens is 3. The third kappa shape index (κ3) is 5.37. The minimum atomic E-state index is -0.762. The average molecular weight is 371 g/mol. The van der Waals surface area contributed by atoms with Crippen LogP contribution < -0.4 is 22.1 Å². The van der Waals surface area contributed by atoms with Gasteiger partial charge in [0.2, 0.25) is 11.9 Å². The Balaban J connectivity index is 2.34. The highest BCUT2D eigenvalue weighted by molar-refractivity contribution is 5.96. The molecule has 0 radical (unpaired) electrons. The fourth-order valence-electron chi connectivity index (χ4n) is 2.47. The van der Waals surface area contributed by atoms with Crippen molar-refractivity contribution in [3.8, 4) is 0 Å². The van der Waals surface area contributed by atoms with Crippen molar-refractivity contribution >= 4 is 29.3 Å². The van der Waals surface area contributed by atoms with Crippen LogP contribution in [0.5, 0.6) is 0 Å². The Labute approximate surface area is 158 Å². The second-order valence-electron chi connectivity index (χ2n) is 6.85. The van der Waals surface area contributed by atoms with E-state index in [2.05, 4.69) is 25.8 Å². The van der Waals surface area contributed by atoms with Crippen LogP contribution in [0.15, 0.2) is 18.2 Å². The Hall–Kier alpha value is -3.23. The van der Waals surface area contributed by atoms with Gasteiger partial charge in [0.25, 0.3) is 5.91 Å². The molecule has 0 bridgehead atoms. The van der Waals surface area contributed by atoms with E-state index in [0.717, 1.165) is 16.8 Å². The lowest BCUT2D eigenvalue weighted by Crippen LogP contribution is -2.37. The number of primary amides is 2. The number of carbonyl (C=O) groups is 2. The molecule has 9 nitrogen and oxygen atoms in total. The van der Waals surface area contributed by atoms with Crippen LogP contribution in [0.3, 0.4) is 0 Å². The monoisotopic (exact) mass is 371 g/mol. The lowest BCUT2D eigenvalue weighted by Gasteiger charge is -2.18. The van der Waals surface area contributed by atoms with Crippen molar-refractivity contribution in [3.05, 3.63) is 35.0 Å². The second kappa shape index (κ2) is 8.43. The molecule has 0 saturated carbocycles.